The number of isocyanates is 2. The van der Waals surface area contributed by atoms with Crippen LogP contribution in [0.2, 0.25) is 0 Å². The highest BCUT2D eigenvalue weighted by molar-refractivity contribution is 5.40. The number of hydrogen-bond acceptors (Lipinski definition) is 4. The summed E-state index contributed by atoms with van der Waals surface area (Å²) in [6.07, 6.45) is 7.40. The minimum Gasteiger partial charge on any atom is -0.211 e. The lowest BCUT2D eigenvalue weighted by atomic mass is 10.1. The Morgan fingerprint density at radius 1 is 1.09 bits per heavy atom. The topological polar surface area (TPSA) is 58.9 Å². The van der Waals surface area contributed by atoms with Gasteiger partial charge >= 0.3 is 0 Å². The second-order valence-corrected chi connectivity index (χ2v) is 2.27. The molecule has 0 atom stereocenters. The van der Waals surface area contributed by atoms with Crippen LogP contribution in [0.5, 0.6) is 0 Å². The summed E-state index contributed by atoms with van der Waals surface area (Å²) in [5.41, 5.74) is -0.913. The van der Waals surface area contributed by atoms with Gasteiger partial charge in [-0.25, -0.2) is 9.59 Å². The van der Waals surface area contributed by atoms with Crippen molar-refractivity contribution in [2.75, 3.05) is 0 Å². The van der Waals surface area contributed by atoms with Crippen LogP contribution < -0.4 is 0 Å². The third-order valence-corrected chi connectivity index (χ3v) is 1.56. The van der Waals surface area contributed by atoms with Crippen molar-refractivity contribution in [3.05, 3.63) is 12.2 Å². The molecule has 0 aromatic heterocycles. The molecule has 11 heavy (non-hydrogen) atoms. The van der Waals surface area contributed by atoms with E-state index in [2.05, 4.69) is 9.98 Å². The third-order valence-electron chi connectivity index (χ3n) is 1.56. The van der Waals surface area contributed by atoms with E-state index < -0.39 is 5.66 Å². The molecule has 0 radical (unpaired) electrons. The van der Waals surface area contributed by atoms with Gasteiger partial charge in [0.15, 0.2) is 5.66 Å². The molecule has 0 amide bonds. The average Bonchev–Trinajstić information content (AvgIpc) is 2.39. The second-order valence-electron chi connectivity index (χ2n) is 2.27. The molecule has 0 N–H and O–H groups in total. The van der Waals surface area contributed by atoms with E-state index in [1.165, 1.54) is 12.2 Å². The molecule has 0 spiro atoms. The fraction of sp³-hybridized carbons (Fsp3) is 0.429. The van der Waals surface area contributed by atoms with Crippen LogP contribution in [0.15, 0.2) is 22.1 Å². The first kappa shape index (κ1) is 7.61. The van der Waals surface area contributed by atoms with E-state index in [0.29, 0.717) is 12.8 Å². The maximum atomic E-state index is 9.93. The SMILES string of the molecule is O=C=NC1(N=C=O)CC=CC1. The molecule has 0 heterocycles. The third kappa shape index (κ3) is 1.49. The van der Waals surface area contributed by atoms with Crippen molar-refractivity contribution in [2.45, 2.75) is 18.5 Å². The molecule has 56 valence electrons. The van der Waals surface area contributed by atoms with Gasteiger partial charge in [0.2, 0.25) is 12.2 Å². The summed E-state index contributed by atoms with van der Waals surface area (Å²) >= 11 is 0. The highest BCUT2D eigenvalue weighted by Crippen LogP contribution is 2.28. The molecule has 1 aliphatic carbocycles. The van der Waals surface area contributed by atoms with Crippen molar-refractivity contribution in [3.8, 4) is 0 Å². The Kier molecular flexibility index (Phi) is 2.12. The van der Waals surface area contributed by atoms with Gasteiger partial charge in [0.25, 0.3) is 0 Å². The summed E-state index contributed by atoms with van der Waals surface area (Å²) in [5.74, 6) is 0. The zero-order valence-corrected chi connectivity index (χ0v) is 5.78. The van der Waals surface area contributed by atoms with E-state index in [4.69, 9.17) is 0 Å². The molecule has 0 bridgehead atoms. The second kappa shape index (κ2) is 3.06. The number of carbonyl (C=O) groups excluding carboxylic acids is 2. The van der Waals surface area contributed by atoms with E-state index in [-0.39, 0.29) is 0 Å². The Labute approximate surface area is 63.3 Å². The minimum atomic E-state index is -0.913. The van der Waals surface area contributed by atoms with Gasteiger partial charge in [-0.3, -0.25) is 0 Å². The van der Waals surface area contributed by atoms with Crippen LogP contribution in [0.3, 0.4) is 0 Å². The first-order valence-electron chi connectivity index (χ1n) is 3.16. The van der Waals surface area contributed by atoms with E-state index in [0.717, 1.165) is 0 Å². The Morgan fingerprint density at radius 2 is 1.55 bits per heavy atom. The molecule has 1 aliphatic rings. The highest BCUT2D eigenvalue weighted by Gasteiger charge is 2.29. The van der Waals surface area contributed by atoms with Gasteiger partial charge < -0.3 is 0 Å². The molecule has 0 fully saturated rings. The summed E-state index contributed by atoms with van der Waals surface area (Å²) in [5, 5.41) is 0. The molecule has 0 unspecified atom stereocenters. The predicted octanol–water partition coefficient (Wildman–Crippen LogP) is 0.704. The van der Waals surface area contributed by atoms with Crippen LogP contribution in [0.4, 0.5) is 0 Å². The molecule has 4 heteroatoms. The molecular weight excluding hydrogens is 144 g/mol. The molecule has 1 rings (SSSR count). The van der Waals surface area contributed by atoms with Crippen molar-refractivity contribution in [1.29, 1.82) is 0 Å². The number of aliphatic imine (C=N–C) groups is 2. The fourth-order valence-electron chi connectivity index (χ4n) is 1.00. The van der Waals surface area contributed by atoms with E-state index in [9.17, 15) is 9.59 Å². The summed E-state index contributed by atoms with van der Waals surface area (Å²) in [7, 11) is 0. The van der Waals surface area contributed by atoms with Crippen molar-refractivity contribution >= 4 is 12.2 Å². The molecule has 0 saturated heterocycles. The zero-order chi connectivity index (χ0) is 8.16. The van der Waals surface area contributed by atoms with Crippen molar-refractivity contribution in [2.24, 2.45) is 9.98 Å². The van der Waals surface area contributed by atoms with Crippen molar-refractivity contribution in [3.63, 3.8) is 0 Å². The van der Waals surface area contributed by atoms with E-state index in [1.807, 2.05) is 12.2 Å². The fourth-order valence-corrected chi connectivity index (χ4v) is 1.00. The summed E-state index contributed by atoms with van der Waals surface area (Å²) in [4.78, 5) is 26.8. The van der Waals surface area contributed by atoms with Crippen LogP contribution in [-0.4, -0.2) is 17.8 Å². The van der Waals surface area contributed by atoms with Crippen LogP contribution in [0, 0.1) is 0 Å². The van der Waals surface area contributed by atoms with Gasteiger partial charge in [0, 0.05) is 12.8 Å². The first-order valence-corrected chi connectivity index (χ1v) is 3.16. The smallest absolute Gasteiger partial charge is 0.211 e. The maximum absolute atomic E-state index is 9.93. The summed E-state index contributed by atoms with van der Waals surface area (Å²) in [6, 6.07) is 0. The zero-order valence-electron chi connectivity index (χ0n) is 5.78. The van der Waals surface area contributed by atoms with Gasteiger partial charge in [-0.1, -0.05) is 12.2 Å². The van der Waals surface area contributed by atoms with Crippen LogP contribution in [0.1, 0.15) is 12.8 Å². The molecule has 0 aromatic carbocycles. The molecule has 4 nitrogen and oxygen atoms in total. The Balaban J connectivity index is 2.89. The van der Waals surface area contributed by atoms with Crippen LogP contribution in [0.25, 0.3) is 0 Å². The van der Waals surface area contributed by atoms with Crippen LogP contribution >= 0.6 is 0 Å². The van der Waals surface area contributed by atoms with E-state index in [1.54, 1.807) is 0 Å². The number of rotatable bonds is 2. The van der Waals surface area contributed by atoms with Gasteiger partial charge in [0.05, 0.1) is 0 Å². The summed E-state index contributed by atoms with van der Waals surface area (Å²) < 4.78 is 0. The monoisotopic (exact) mass is 150 g/mol. The van der Waals surface area contributed by atoms with Gasteiger partial charge in [-0.15, -0.1) is 0 Å². The lowest BCUT2D eigenvalue weighted by molar-refractivity contribution is 0.464. The van der Waals surface area contributed by atoms with Gasteiger partial charge in [0.1, 0.15) is 0 Å². The average molecular weight is 150 g/mol. The van der Waals surface area contributed by atoms with Crippen molar-refractivity contribution in [1.82, 2.24) is 0 Å². The lowest BCUT2D eigenvalue weighted by Gasteiger charge is -2.12. The minimum absolute atomic E-state index is 0.484. The summed E-state index contributed by atoms with van der Waals surface area (Å²) in [6.45, 7) is 0. The predicted molar refractivity (Wildman–Crippen MR) is 37.3 cm³/mol. The number of nitrogens with zero attached hydrogens (tertiary/aromatic N) is 2. The first-order chi connectivity index (χ1) is 5.33. The maximum Gasteiger partial charge on any atom is 0.237 e. The molecule has 0 aliphatic heterocycles. The molecular formula is C7H6N2O2. The Hall–Kier alpha value is -1.50. The molecule has 0 aromatic rings. The van der Waals surface area contributed by atoms with Crippen LogP contribution in [-0.2, 0) is 9.59 Å². The van der Waals surface area contributed by atoms with Crippen molar-refractivity contribution < 1.29 is 9.59 Å². The van der Waals surface area contributed by atoms with Gasteiger partial charge in [-0.2, -0.15) is 9.98 Å². The standard InChI is InChI=1S/C7H6N2O2/c10-5-8-7(9-6-11)3-1-2-4-7/h1-2H,3-4H2. The molecule has 0 saturated carbocycles. The normalized spacial score (nSPS) is 18.5. The largest absolute Gasteiger partial charge is 0.237 e. The lowest BCUT2D eigenvalue weighted by Crippen LogP contribution is -2.18. The Morgan fingerprint density at radius 3 is 1.91 bits per heavy atom. The van der Waals surface area contributed by atoms with Gasteiger partial charge in [-0.05, 0) is 0 Å². The highest BCUT2D eigenvalue weighted by atomic mass is 16.1. The van der Waals surface area contributed by atoms with E-state index >= 15 is 0 Å². The quantitative estimate of drug-likeness (QED) is 0.330. The Bertz CT molecular complexity index is 242. The number of hydrogen-bond donors (Lipinski definition) is 0.